The fourth-order valence-corrected chi connectivity index (χ4v) is 3.45. The molecule has 3 nitrogen and oxygen atoms in total. The Labute approximate surface area is 130 Å². The van der Waals surface area contributed by atoms with E-state index in [0.29, 0.717) is 6.04 Å². The van der Waals surface area contributed by atoms with Gasteiger partial charge in [-0.05, 0) is 79.4 Å². The summed E-state index contributed by atoms with van der Waals surface area (Å²) in [5.74, 6) is 1.64. The SMILES string of the molecule is CCN1CCC(C(C)Nc2ccc(OC)c(Br)c2)CC1. The molecule has 1 aromatic carbocycles. The van der Waals surface area contributed by atoms with Gasteiger partial charge in [-0.1, -0.05) is 6.92 Å². The second-order valence-electron chi connectivity index (χ2n) is 5.55. The summed E-state index contributed by atoms with van der Waals surface area (Å²) in [6, 6.07) is 6.69. The van der Waals surface area contributed by atoms with Crippen LogP contribution in [0, 0.1) is 5.92 Å². The molecule has 0 bridgehead atoms. The zero-order valence-corrected chi connectivity index (χ0v) is 14.2. The van der Waals surface area contributed by atoms with E-state index in [9.17, 15) is 0 Å². The number of piperidine rings is 1. The molecule has 1 saturated heterocycles. The maximum Gasteiger partial charge on any atom is 0.133 e. The van der Waals surface area contributed by atoms with Crippen LogP contribution in [0.15, 0.2) is 22.7 Å². The molecule has 20 heavy (non-hydrogen) atoms. The lowest BCUT2D eigenvalue weighted by Gasteiger charge is -2.34. The van der Waals surface area contributed by atoms with Crippen molar-refractivity contribution < 1.29 is 4.74 Å². The Morgan fingerprint density at radius 3 is 2.65 bits per heavy atom. The molecule has 2 rings (SSSR count). The van der Waals surface area contributed by atoms with Crippen molar-refractivity contribution in [3.05, 3.63) is 22.7 Å². The molecule has 1 aliphatic rings. The van der Waals surface area contributed by atoms with E-state index >= 15 is 0 Å². The minimum absolute atomic E-state index is 0.509. The molecule has 0 radical (unpaired) electrons. The minimum Gasteiger partial charge on any atom is -0.496 e. The van der Waals surface area contributed by atoms with Gasteiger partial charge < -0.3 is 15.0 Å². The Morgan fingerprint density at radius 1 is 1.40 bits per heavy atom. The standard InChI is InChI=1S/C16H25BrN2O/c1-4-19-9-7-13(8-10-19)12(2)18-14-5-6-16(20-3)15(17)11-14/h5-6,11-13,18H,4,7-10H2,1-3H3. The number of halogens is 1. The first-order valence-corrected chi connectivity index (χ1v) is 8.25. The number of hydrogen-bond acceptors (Lipinski definition) is 3. The molecule has 0 amide bonds. The third-order valence-corrected chi connectivity index (χ3v) is 4.95. The Morgan fingerprint density at radius 2 is 2.10 bits per heavy atom. The minimum atomic E-state index is 0.509. The molecule has 0 saturated carbocycles. The Bertz CT molecular complexity index is 430. The van der Waals surface area contributed by atoms with Gasteiger partial charge >= 0.3 is 0 Å². The number of methoxy groups -OCH3 is 1. The summed E-state index contributed by atoms with van der Waals surface area (Å²) in [6.45, 7) is 8.19. The summed E-state index contributed by atoms with van der Waals surface area (Å²) < 4.78 is 6.26. The summed E-state index contributed by atoms with van der Waals surface area (Å²) in [6.07, 6.45) is 2.58. The van der Waals surface area contributed by atoms with E-state index in [1.54, 1.807) is 7.11 Å². The molecule has 112 valence electrons. The van der Waals surface area contributed by atoms with Crippen LogP contribution < -0.4 is 10.1 Å². The fraction of sp³-hybridized carbons (Fsp3) is 0.625. The lowest BCUT2D eigenvalue weighted by Crippen LogP contribution is -2.39. The van der Waals surface area contributed by atoms with E-state index in [-0.39, 0.29) is 0 Å². The van der Waals surface area contributed by atoms with Gasteiger partial charge in [0.25, 0.3) is 0 Å². The number of ether oxygens (including phenoxy) is 1. The molecule has 1 atom stereocenters. The molecular formula is C16H25BrN2O. The zero-order valence-electron chi connectivity index (χ0n) is 12.7. The van der Waals surface area contributed by atoms with E-state index in [2.05, 4.69) is 52.1 Å². The van der Waals surface area contributed by atoms with Crippen LogP contribution >= 0.6 is 15.9 Å². The monoisotopic (exact) mass is 340 g/mol. The van der Waals surface area contributed by atoms with Crippen LogP contribution in [-0.2, 0) is 0 Å². The number of likely N-dealkylation sites (tertiary alicyclic amines) is 1. The molecule has 1 aliphatic heterocycles. The van der Waals surface area contributed by atoms with E-state index in [0.717, 1.165) is 21.8 Å². The van der Waals surface area contributed by atoms with Gasteiger partial charge in [-0.15, -0.1) is 0 Å². The van der Waals surface area contributed by atoms with Crippen molar-refractivity contribution in [2.45, 2.75) is 32.7 Å². The predicted molar refractivity (Wildman–Crippen MR) is 88.6 cm³/mol. The normalized spacial score (nSPS) is 18.8. The van der Waals surface area contributed by atoms with Crippen LogP contribution in [0.1, 0.15) is 26.7 Å². The van der Waals surface area contributed by atoms with E-state index in [1.165, 1.54) is 32.5 Å². The number of benzene rings is 1. The number of nitrogens with zero attached hydrogens (tertiary/aromatic N) is 1. The number of rotatable bonds is 5. The summed E-state index contributed by atoms with van der Waals surface area (Å²) in [5.41, 5.74) is 1.16. The van der Waals surface area contributed by atoms with Crippen molar-refractivity contribution in [2.24, 2.45) is 5.92 Å². The molecular weight excluding hydrogens is 316 g/mol. The Hall–Kier alpha value is -0.740. The average molecular weight is 341 g/mol. The zero-order chi connectivity index (χ0) is 14.5. The Kier molecular flexibility index (Phi) is 5.73. The van der Waals surface area contributed by atoms with Crippen LogP contribution in [-0.4, -0.2) is 37.7 Å². The fourth-order valence-electron chi connectivity index (χ4n) is 2.91. The van der Waals surface area contributed by atoms with Crippen molar-refractivity contribution in [3.63, 3.8) is 0 Å². The van der Waals surface area contributed by atoms with Gasteiger partial charge in [0.05, 0.1) is 11.6 Å². The molecule has 1 unspecified atom stereocenters. The van der Waals surface area contributed by atoms with Crippen LogP contribution in [0.2, 0.25) is 0 Å². The lowest BCUT2D eigenvalue weighted by atomic mass is 9.90. The van der Waals surface area contributed by atoms with Crippen molar-refractivity contribution in [2.75, 3.05) is 32.1 Å². The molecule has 0 spiro atoms. The largest absolute Gasteiger partial charge is 0.496 e. The number of hydrogen-bond donors (Lipinski definition) is 1. The van der Waals surface area contributed by atoms with Crippen LogP contribution in [0.3, 0.4) is 0 Å². The van der Waals surface area contributed by atoms with E-state index < -0.39 is 0 Å². The van der Waals surface area contributed by atoms with E-state index in [4.69, 9.17) is 4.74 Å². The highest BCUT2D eigenvalue weighted by molar-refractivity contribution is 9.10. The van der Waals surface area contributed by atoms with Crippen LogP contribution in [0.25, 0.3) is 0 Å². The predicted octanol–water partition coefficient (Wildman–Crippen LogP) is 3.99. The van der Waals surface area contributed by atoms with E-state index in [1.807, 2.05) is 6.07 Å². The van der Waals surface area contributed by atoms with Crippen molar-refractivity contribution in [1.82, 2.24) is 4.90 Å². The summed E-state index contributed by atoms with van der Waals surface area (Å²) >= 11 is 3.54. The lowest BCUT2D eigenvalue weighted by molar-refractivity contribution is 0.183. The molecule has 0 aliphatic carbocycles. The van der Waals surface area contributed by atoms with Crippen molar-refractivity contribution in [3.8, 4) is 5.75 Å². The maximum absolute atomic E-state index is 5.27. The van der Waals surface area contributed by atoms with Gasteiger partial charge in [-0.2, -0.15) is 0 Å². The molecule has 4 heteroatoms. The highest BCUT2D eigenvalue weighted by Gasteiger charge is 2.23. The third-order valence-electron chi connectivity index (χ3n) is 4.33. The van der Waals surface area contributed by atoms with Gasteiger partial charge in [0.15, 0.2) is 0 Å². The first-order chi connectivity index (χ1) is 9.63. The van der Waals surface area contributed by atoms with Gasteiger partial charge in [-0.25, -0.2) is 0 Å². The van der Waals surface area contributed by atoms with Crippen LogP contribution in [0.4, 0.5) is 5.69 Å². The summed E-state index contributed by atoms with van der Waals surface area (Å²) in [7, 11) is 1.69. The molecule has 0 aromatic heterocycles. The molecule has 1 aromatic rings. The summed E-state index contributed by atoms with van der Waals surface area (Å²) in [4.78, 5) is 2.53. The Balaban J connectivity index is 1.91. The molecule has 1 heterocycles. The van der Waals surface area contributed by atoms with Gasteiger partial charge in [0, 0.05) is 11.7 Å². The second kappa shape index (κ2) is 7.32. The highest BCUT2D eigenvalue weighted by atomic mass is 79.9. The first kappa shape index (κ1) is 15.6. The topological polar surface area (TPSA) is 24.5 Å². The maximum atomic E-state index is 5.27. The van der Waals surface area contributed by atoms with Crippen molar-refractivity contribution >= 4 is 21.6 Å². The first-order valence-electron chi connectivity index (χ1n) is 7.46. The van der Waals surface area contributed by atoms with Gasteiger partial charge in [0.1, 0.15) is 5.75 Å². The average Bonchev–Trinajstić information content (AvgIpc) is 2.47. The number of nitrogens with one attached hydrogen (secondary N) is 1. The van der Waals surface area contributed by atoms with Crippen molar-refractivity contribution in [1.29, 1.82) is 0 Å². The highest BCUT2D eigenvalue weighted by Crippen LogP contribution is 2.29. The summed E-state index contributed by atoms with van der Waals surface area (Å²) in [5, 5.41) is 3.63. The van der Waals surface area contributed by atoms with Gasteiger partial charge in [-0.3, -0.25) is 0 Å². The molecule has 1 fully saturated rings. The second-order valence-corrected chi connectivity index (χ2v) is 6.41. The number of anilines is 1. The molecule has 1 N–H and O–H groups in total. The smallest absolute Gasteiger partial charge is 0.133 e. The third kappa shape index (κ3) is 3.89. The van der Waals surface area contributed by atoms with Gasteiger partial charge in [0.2, 0.25) is 0 Å². The van der Waals surface area contributed by atoms with Crippen LogP contribution in [0.5, 0.6) is 5.75 Å². The quantitative estimate of drug-likeness (QED) is 0.876.